The van der Waals surface area contributed by atoms with Crippen molar-refractivity contribution in [1.29, 1.82) is 0 Å². The molecule has 1 aromatic carbocycles. The highest BCUT2D eigenvalue weighted by Gasteiger charge is 2.60. The van der Waals surface area contributed by atoms with E-state index in [1.807, 2.05) is 13.8 Å². The third-order valence-electron chi connectivity index (χ3n) is 4.71. The third-order valence-corrected chi connectivity index (χ3v) is 4.71. The standard InChI is InChI=1S/C18H20N2O3/c1-9(2)7-13-14(18(13,3)4)17(23)19-10-5-6-11-12(8-10)16(22)20-15(11)21/h5-8,13-14H,1-4H3,(H,19,23)(H,20,21,22)/t13-,14+/m1/s1. The largest absolute Gasteiger partial charge is 0.326 e. The predicted molar refractivity (Wildman–Crippen MR) is 87.1 cm³/mol. The number of carbonyl (C=O) groups is 3. The first-order chi connectivity index (χ1) is 10.7. The number of amides is 3. The SMILES string of the molecule is CC(C)=C[C@@H]1[C@@H](C(=O)Nc2ccc3c(c2)C(=O)NC3=O)C1(C)C. The van der Waals surface area contributed by atoms with Gasteiger partial charge >= 0.3 is 0 Å². The number of anilines is 1. The van der Waals surface area contributed by atoms with Crippen LogP contribution in [0.15, 0.2) is 29.8 Å². The molecule has 1 aliphatic carbocycles. The van der Waals surface area contributed by atoms with E-state index in [2.05, 4.69) is 30.6 Å². The number of carbonyl (C=O) groups excluding carboxylic acids is 3. The van der Waals surface area contributed by atoms with Crippen LogP contribution in [0.4, 0.5) is 5.69 Å². The Morgan fingerprint density at radius 1 is 1.17 bits per heavy atom. The molecular weight excluding hydrogens is 292 g/mol. The quantitative estimate of drug-likeness (QED) is 0.665. The van der Waals surface area contributed by atoms with Crippen LogP contribution in [0.1, 0.15) is 48.4 Å². The number of rotatable bonds is 3. The lowest BCUT2D eigenvalue weighted by Crippen LogP contribution is -2.20. The van der Waals surface area contributed by atoms with Crippen molar-refractivity contribution in [3.8, 4) is 0 Å². The van der Waals surface area contributed by atoms with E-state index in [1.54, 1.807) is 18.2 Å². The van der Waals surface area contributed by atoms with E-state index >= 15 is 0 Å². The first-order valence-corrected chi connectivity index (χ1v) is 7.67. The number of allylic oxidation sites excluding steroid dienone is 2. The van der Waals surface area contributed by atoms with Crippen LogP contribution >= 0.6 is 0 Å². The average Bonchev–Trinajstić information content (AvgIpc) is 2.85. The van der Waals surface area contributed by atoms with Crippen molar-refractivity contribution in [3.05, 3.63) is 41.0 Å². The Balaban J connectivity index is 1.78. The fourth-order valence-electron chi connectivity index (χ4n) is 3.31. The number of hydrogen-bond acceptors (Lipinski definition) is 3. The fraction of sp³-hybridized carbons (Fsp3) is 0.389. The molecule has 23 heavy (non-hydrogen) atoms. The lowest BCUT2D eigenvalue weighted by atomic mass is 10.1. The fourth-order valence-corrected chi connectivity index (χ4v) is 3.31. The van der Waals surface area contributed by atoms with Gasteiger partial charge < -0.3 is 5.32 Å². The number of nitrogens with one attached hydrogen (secondary N) is 2. The first-order valence-electron chi connectivity index (χ1n) is 7.67. The highest BCUT2D eigenvalue weighted by molar-refractivity contribution is 6.22. The summed E-state index contributed by atoms with van der Waals surface area (Å²) in [7, 11) is 0. The highest BCUT2D eigenvalue weighted by Crippen LogP contribution is 2.59. The van der Waals surface area contributed by atoms with Crippen LogP contribution in [-0.2, 0) is 4.79 Å². The van der Waals surface area contributed by atoms with Crippen LogP contribution in [0.2, 0.25) is 0 Å². The molecule has 2 atom stereocenters. The Morgan fingerprint density at radius 3 is 2.48 bits per heavy atom. The summed E-state index contributed by atoms with van der Waals surface area (Å²) in [5, 5.41) is 5.11. The Kier molecular flexibility index (Phi) is 3.39. The maximum atomic E-state index is 12.5. The lowest BCUT2D eigenvalue weighted by molar-refractivity contribution is -0.118. The molecular formula is C18H20N2O3. The molecule has 2 aliphatic rings. The normalized spacial score (nSPS) is 23.8. The van der Waals surface area contributed by atoms with E-state index in [4.69, 9.17) is 0 Å². The second-order valence-electron chi connectivity index (χ2n) is 7.10. The first kappa shape index (κ1) is 15.5. The van der Waals surface area contributed by atoms with E-state index in [0.29, 0.717) is 16.8 Å². The highest BCUT2D eigenvalue weighted by atomic mass is 16.2. The van der Waals surface area contributed by atoms with Gasteiger partial charge in [0, 0.05) is 5.69 Å². The van der Waals surface area contributed by atoms with E-state index < -0.39 is 11.8 Å². The molecule has 0 unspecified atom stereocenters. The Morgan fingerprint density at radius 2 is 1.83 bits per heavy atom. The molecule has 0 aromatic heterocycles. The zero-order valence-electron chi connectivity index (χ0n) is 13.7. The van der Waals surface area contributed by atoms with Crippen LogP contribution in [0, 0.1) is 17.3 Å². The van der Waals surface area contributed by atoms with Gasteiger partial charge in [-0.25, -0.2) is 0 Å². The van der Waals surface area contributed by atoms with Crippen molar-refractivity contribution < 1.29 is 14.4 Å². The maximum Gasteiger partial charge on any atom is 0.259 e. The van der Waals surface area contributed by atoms with Crippen LogP contribution in [-0.4, -0.2) is 17.7 Å². The summed E-state index contributed by atoms with van der Waals surface area (Å²) in [6, 6.07) is 4.77. The summed E-state index contributed by atoms with van der Waals surface area (Å²) in [5.74, 6) is -0.722. The molecule has 1 aromatic rings. The van der Waals surface area contributed by atoms with E-state index in [9.17, 15) is 14.4 Å². The second kappa shape index (κ2) is 5.05. The molecule has 3 amide bonds. The molecule has 2 N–H and O–H groups in total. The molecule has 0 bridgehead atoms. The minimum absolute atomic E-state index is 0.0535. The van der Waals surface area contributed by atoms with Gasteiger partial charge in [-0.2, -0.15) is 0 Å². The molecule has 0 radical (unpaired) electrons. The molecule has 1 heterocycles. The van der Waals surface area contributed by atoms with Gasteiger partial charge in [-0.3, -0.25) is 19.7 Å². The van der Waals surface area contributed by atoms with E-state index in [0.717, 1.165) is 0 Å². The van der Waals surface area contributed by atoms with Crippen LogP contribution in [0.25, 0.3) is 0 Å². The summed E-state index contributed by atoms with van der Waals surface area (Å²) in [6.45, 7) is 8.21. The Bertz CT molecular complexity index is 758. The summed E-state index contributed by atoms with van der Waals surface area (Å²) in [4.78, 5) is 35.7. The monoisotopic (exact) mass is 312 g/mol. The molecule has 3 rings (SSSR count). The van der Waals surface area contributed by atoms with Crippen molar-refractivity contribution in [2.75, 3.05) is 5.32 Å². The summed E-state index contributed by atoms with van der Waals surface area (Å²) < 4.78 is 0. The topological polar surface area (TPSA) is 75.3 Å². The van der Waals surface area contributed by atoms with Crippen LogP contribution in [0.5, 0.6) is 0 Å². The molecule has 1 saturated carbocycles. The molecule has 1 fully saturated rings. The van der Waals surface area contributed by atoms with Gasteiger partial charge in [-0.05, 0) is 43.4 Å². The van der Waals surface area contributed by atoms with Gasteiger partial charge in [0.15, 0.2) is 0 Å². The van der Waals surface area contributed by atoms with Crippen LogP contribution < -0.4 is 10.6 Å². The van der Waals surface area contributed by atoms with Gasteiger partial charge in [-0.1, -0.05) is 25.5 Å². The second-order valence-corrected chi connectivity index (χ2v) is 7.10. The summed E-state index contributed by atoms with van der Waals surface area (Å²) >= 11 is 0. The smallest absolute Gasteiger partial charge is 0.259 e. The summed E-state index contributed by atoms with van der Waals surface area (Å²) in [5.41, 5.74) is 2.33. The maximum absolute atomic E-state index is 12.5. The van der Waals surface area contributed by atoms with Gasteiger partial charge in [0.25, 0.3) is 11.8 Å². The molecule has 5 nitrogen and oxygen atoms in total. The minimum Gasteiger partial charge on any atom is -0.326 e. The van der Waals surface area contributed by atoms with E-state index in [1.165, 1.54) is 5.57 Å². The van der Waals surface area contributed by atoms with Crippen molar-refractivity contribution in [3.63, 3.8) is 0 Å². The third kappa shape index (κ3) is 2.56. The average molecular weight is 312 g/mol. The number of imide groups is 1. The van der Waals surface area contributed by atoms with Crippen molar-refractivity contribution >= 4 is 23.4 Å². The van der Waals surface area contributed by atoms with Gasteiger partial charge in [0.1, 0.15) is 0 Å². The molecule has 0 saturated heterocycles. The molecule has 120 valence electrons. The van der Waals surface area contributed by atoms with Crippen molar-refractivity contribution in [2.24, 2.45) is 17.3 Å². The number of hydrogen-bond donors (Lipinski definition) is 2. The van der Waals surface area contributed by atoms with Crippen molar-refractivity contribution in [1.82, 2.24) is 5.32 Å². The van der Waals surface area contributed by atoms with Gasteiger partial charge in [-0.15, -0.1) is 0 Å². The van der Waals surface area contributed by atoms with Crippen molar-refractivity contribution in [2.45, 2.75) is 27.7 Å². The predicted octanol–water partition coefficient (Wildman–Crippen LogP) is 2.75. The lowest BCUT2D eigenvalue weighted by Gasteiger charge is -2.07. The van der Waals surface area contributed by atoms with Gasteiger partial charge in [0.05, 0.1) is 17.0 Å². The van der Waals surface area contributed by atoms with Crippen LogP contribution in [0.3, 0.4) is 0 Å². The van der Waals surface area contributed by atoms with E-state index in [-0.39, 0.29) is 23.2 Å². The summed E-state index contributed by atoms with van der Waals surface area (Å²) in [6.07, 6.45) is 2.14. The Hall–Kier alpha value is -2.43. The number of benzene rings is 1. The Labute approximate surface area is 135 Å². The zero-order chi connectivity index (χ0) is 16.9. The molecule has 5 heteroatoms. The van der Waals surface area contributed by atoms with Gasteiger partial charge in [0.2, 0.25) is 5.91 Å². The number of fused-ring (bicyclic) bond motifs is 1. The molecule has 1 aliphatic heterocycles. The minimum atomic E-state index is -0.421. The zero-order valence-corrected chi connectivity index (χ0v) is 13.7. The molecule has 0 spiro atoms.